The molecule has 3 rings (SSSR count). The van der Waals surface area contributed by atoms with E-state index in [1.54, 1.807) is 30.3 Å². The van der Waals surface area contributed by atoms with E-state index in [4.69, 9.17) is 39.5 Å². The number of rotatable bonds is 5. The lowest BCUT2D eigenvalue weighted by molar-refractivity contribution is -0.151. The molecule has 0 aliphatic carbocycles. The SMILES string of the molecule is Cc1cc(Br)c(Cl)cc1NC(=O)COC(=O)[C@@H]1CC(=O)N(c2cc(Cl)ccc2Cl)C1. The Kier molecular flexibility index (Phi) is 7.29. The predicted molar refractivity (Wildman–Crippen MR) is 120 cm³/mol. The summed E-state index contributed by atoms with van der Waals surface area (Å²) in [5.41, 5.74) is 1.74. The lowest BCUT2D eigenvalue weighted by atomic mass is 10.1. The molecule has 0 aromatic heterocycles. The molecule has 0 saturated carbocycles. The van der Waals surface area contributed by atoms with E-state index in [0.29, 0.717) is 30.9 Å². The third-order valence-corrected chi connectivity index (χ3v) is 6.30. The number of halogens is 4. The minimum absolute atomic E-state index is 0.0370. The number of esters is 1. The Labute approximate surface area is 196 Å². The van der Waals surface area contributed by atoms with Gasteiger partial charge in [-0.2, -0.15) is 0 Å². The first-order chi connectivity index (χ1) is 14.2. The van der Waals surface area contributed by atoms with E-state index in [1.807, 2.05) is 6.92 Å². The molecule has 1 aliphatic heterocycles. The minimum Gasteiger partial charge on any atom is -0.455 e. The Morgan fingerprint density at radius 1 is 1.20 bits per heavy atom. The molecule has 0 bridgehead atoms. The van der Waals surface area contributed by atoms with E-state index in [2.05, 4.69) is 21.2 Å². The maximum Gasteiger partial charge on any atom is 0.311 e. The number of hydrogen-bond acceptors (Lipinski definition) is 4. The van der Waals surface area contributed by atoms with E-state index < -0.39 is 24.4 Å². The van der Waals surface area contributed by atoms with Crippen molar-refractivity contribution in [3.8, 4) is 0 Å². The maximum atomic E-state index is 12.4. The van der Waals surface area contributed by atoms with Gasteiger partial charge in [0.1, 0.15) is 0 Å². The highest BCUT2D eigenvalue weighted by molar-refractivity contribution is 9.10. The molecular formula is C20H16BrCl3N2O4. The molecule has 1 atom stereocenters. The molecule has 1 saturated heterocycles. The molecule has 0 radical (unpaired) electrons. The Morgan fingerprint density at radius 3 is 2.67 bits per heavy atom. The smallest absolute Gasteiger partial charge is 0.311 e. The van der Waals surface area contributed by atoms with Gasteiger partial charge in [-0.15, -0.1) is 0 Å². The van der Waals surface area contributed by atoms with Crippen molar-refractivity contribution in [3.63, 3.8) is 0 Å². The van der Waals surface area contributed by atoms with Crippen molar-refractivity contribution in [2.24, 2.45) is 5.92 Å². The van der Waals surface area contributed by atoms with Gasteiger partial charge in [0.25, 0.3) is 5.91 Å². The first-order valence-electron chi connectivity index (χ1n) is 8.83. The van der Waals surface area contributed by atoms with Gasteiger partial charge in [-0.25, -0.2) is 0 Å². The van der Waals surface area contributed by atoms with Crippen molar-refractivity contribution < 1.29 is 19.1 Å². The number of carbonyl (C=O) groups is 3. The highest BCUT2D eigenvalue weighted by Crippen LogP contribution is 2.34. The monoisotopic (exact) mass is 532 g/mol. The van der Waals surface area contributed by atoms with Crippen LogP contribution in [0.3, 0.4) is 0 Å². The molecule has 10 heteroatoms. The van der Waals surface area contributed by atoms with E-state index >= 15 is 0 Å². The fourth-order valence-electron chi connectivity index (χ4n) is 3.01. The van der Waals surface area contributed by atoms with Crippen LogP contribution in [0, 0.1) is 12.8 Å². The summed E-state index contributed by atoms with van der Waals surface area (Å²) >= 11 is 21.5. The van der Waals surface area contributed by atoms with Gasteiger partial charge >= 0.3 is 5.97 Å². The molecule has 158 valence electrons. The maximum absolute atomic E-state index is 12.4. The third kappa shape index (κ3) is 5.27. The van der Waals surface area contributed by atoms with E-state index in [9.17, 15) is 14.4 Å². The Bertz CT molecular complexity index is 1030. The van der Waals surface area contributed by atoms with Crippen molar-refractivity contribution in [2.75, 3.05) is 23.4 Å². The molecular weight excluding hydrogens is 518 g/mol. The van der Waals surface area contributed by atoms with Crippen LogP contribution in [0.1, 0.15) is 12.0 Å². The van der Waals surface area contributed by atoms with Gasteiger partial charge in [0.15, 0.2) is 6.61 Å². The first kappa shape index (κ1) is 22.9. The zero-order valence-corrected chi connectivity index (χ0v) is 19.5. The fourth-order valence-corrected chi connectivity index (χ4v) is 4.02. The normalized spacial score (nSPS) is 16.0. The highest BCUT2D eigenvalue weighted by atomic mass is 79.9. The van der Waals surface area contributed by atoms with Crippen molar-refractivity contribution in [3.05, 3.63) is 55.4 Å². The van der Waals surface area contributed by atoms with Crippen molar-refractivity contribution in [1.82, 2.24) is 0 Å². The molecule has 1 aliphatic rings. The lowest BCUT2D eigenvalue weighted by Gasteiger charge is -2.18. The molecule has 30 heavy (non-hydrogen) atoms. The number of anilines is 2. The van der Waals surface area contributed by atoms with Crippen molar-refractivity contribution >= 4 is 79.9 Å². The minimum atomic E-state index is -0.704. The first-order valence-corrected chi connectivity index (χ1v) is 10.8. The second-order valence-electron chi connectivity index (χ2n) is 6.74. The fraction of sp³-hybridized carbons (Fsp3) is 0.250. The summed E-state index contributed by atoms with van der Waals surface area (Å²) in [6.07, 6.45) is -0.0370. The predicted octanol–water partition coefficient (Wildman–Crippen LogP) is 5.25. The summed E-state index contributed by atoms with van der Waals surface area (Å²) in [7, 11) is 0. The summed E-state index contributed by atoms with van der Waals surface area (Å²) in [6, 6.07) is 8.12. The van der Waals surface area contributed by atoms with Gasteiger partial charge < -0.3 is 15.0 Å². The standard InChI is InChI=1S/C20H16BrCl3N2O4/c1-10-4-13(21)15(24)7-16(10)25-18(27)9-30-20(29)11-5-19(28)26(8-11)17-6-12(22)2-3-14(17)23/h2-4,6-7,11H,5,8-9H2,1H3,(H,25,27)/t11-/m1/s1. The van der Waals surface area contributed by atoms with Crippen LogP contribution in [-0.4, -0.2) is 30.9 Å². The Morgan fingerprint density at radius 2 is 1.93 bits per heavy atom. The van der Waals surface area contributed by atoms with Gasteiger partial charge in [0.05, 0.1) is 21.7 Å². The van der Waals surface area contributed by atoms with Crippen LogP contribution >= 0.6 is 50.7 Å². The number of nitrogens with zero attached hydrogens (tertiary/aromatic N) is 1. The summed E-state index contributed by atoms with van der Waals surface area (Å²) in [5, 5.41) is 3.87. The molecule has 1 fully saturated rings. The van der Waals surface area contributed by atoms with E-state index in [-0.39, 0.29) is 18.9 Å². The van der Waals surface area contributed by atoms with Crippen LogP contribution in [-0.2, 0) is 19.1 Å². The van der Waals surface area contributed by atoms with Crippen LogP contribution in [0.25, 0.3) is 0 Å². The third-order valence-electron chi connectivity index (χ3n) is 4.54. The number of nitrogens with one attached hydrogen (secondary N) is 1. The van der Waals surface area contributed by atoms with Crippen LogP contribution in [0.2, 0.25) is 15.1 Å². The topological polar surface area (TPSA) is 75.7 Å². The summed E-state index contributed by atoms with van der Waals surface area (Å²) in [5.74, 6) is -2.12. The summed E-state index contributed by atoms with van der Waals surface area (Å²) in [4.78, 5) is 38.3. The molecule has 6 nitrogen and oxygen atoms in total. The van der Waals surface area contributed by atoms with Gasteiger partial charge in [0, 0.05) is 28.1 Å². The van der Waals surface area contributed by atoms with Crippen LogP contribution in [0.4, 0.5) is 11.4 Å². The Balaban J connectivity index is 1.58. The highest BCUT2D eigenvalue weighted by Gasteiger charge is 2.37. The van der Waals surface area contributed by atoms with Crippen LogP contribution in [0.5, 0.6) is 0 Å². The zero-order valence-electron chi connectivity index (χ0n) is 15.7. The molecule has 2 amide bonds. The van der Waals surface area contributed by atoms with Crippen molar-refractivity contribution in [2.45, 2.75) is 13.3 Å². The number of benzene rings is 2. The van der Waals surface area contributed by atoms with E-state index in [0.717, 1.165) is 5.56 Å². The van der Waals surface area contributed by atoms with Gasteiger partial charge in [0.2, 0.25) is 5.91 Å². The molecule has 1 N–H and O–H groups in total. The zero-order chi connectivity index (χ0) is 22.0. The number of amides is 2. The Hall–Kier alpha value is -1.80. The quantitative estimate of drug-likeness (QED) is 0.532. The number of aryl methyl sites for hydroxylation is 1. The molecule has 1 heterocycles. The van der Waals surface area contributed by atoms with Crippen LogP contribution in [0.15, 0.2) is 34.8 Å². The molecule has 2 aromatic rings. The average molecular weight is 535 g/mol. The molecule has 0 unspecified atom stereocenters. The molecule has 0 spiro atoms. The van der Waals surface area contributed by atoms with E-state index in [1.165, 1.54) is 4.90 Å². The lowest BCUT2D eigenvalue weighted by Crippen LogP contribution is -2.28. The van der Waals surface area contributed by atoms with Gasteiger partial charge in [-0.05, 0) is 58.7 Å². The second kappa shape index (κ2) is 9.56. The van der Waals surface area contributed by atoms with Gasteiger partial charge in [-0.1, -0.05) is 34.8 Å². The second-order valence-corrected chi connectivity index (χ2v) is 8.84. The average Bonchev–Trinajstić information content (AvgIpc) is 3.07. The van der Waals surface area contributed by atoms with Gasteiger partial charge in [-0.3, -0.25) is 14.4 Å². The number of carbonyl (C=O) groups excluding carboxylic acids is 3. The summed E-state index contributed by atoms with van der Waals surface area (Å²) < 4.78 is 5.82. The number of hydrogen-bond donors (Lipinski definition) is 1. The number of ether oxygens (including phenoxy) is 1. The van der Waals surface area contributed by atoms with Crippen molar-refractivity contribution in [1.29, 1.82) is 0 Å². The largest absolute Gasteiger partial charge is 0.455 e. The molecule has 2 aromatic carbocycles. The summed E-state index contributed by atoms with van der Waals surface area (Å²) in [6.45, 7) is 1.43. The van der Waals surface area contributed by atoms with Crippen LogP contribution < -0.4 is 10.2 Å².